The van der Waals surface area contributed by atoms with Gasteiger partial charge in [-0.2, -0.15) is 13.2 Å². The van der Waals surface area contributed by atoms with Gasteiger partial charge in [0.25, 0.3) is 0 Å². The molecular formula is C13H16F3N3O2. The average molecular weight is 303 g/mol. The van der Waals surface area contributed by atoms with Crippen molar-refractivity contribution in [1.29, 1.82) is 0 Å². The van der Waals surface area contributed by atoms with Crippen LogP contribution in [0.1, 0.15) is 12.0 Å². The SMILES string of the molecule is NCCC(NC(=O)C(F)(F)F)C(=O)NCc1ccccc1. The van der Waals surface area contributed by atoms with Crippen LogP contribution in [0.3, 0.4) is 0 Å². The lowest BCUT2D eigenvalue weighted by molar-refractivity contribution is -0.174. The van der Waals surface area contributed by atoms with Gasteiger partial charge in [-0.1, -0.05) is 30.3 Å². The maximum atomic E-state index is 12.2. The smallest absolute Gasteiger partial charge is 0.350 e. The molecule has 0 saturated carbocycles. The van der Waals surface area contributed by atoms with Gasteiger partial charge >= 0.3 is 12.1 Å². The minimum Gasteiger partial charge on any atom is -0.350 e. The van der Waals surface area contributed by atoms with Crippen LogP contribution in [0.2, 0.25) is 0 Å². The van der Waals surface area contributed by atoms with Crippen LogP contribution >= 0.6 is 0 Å². The molecule has 0 bridgehead atoms. The highest BCUT2D eigenvalue weighted by Crippen LogP contribution is 2.14. The van der Waals surface area contributed by atoms with Crippen molar-refractivity contribution in [3.8, 4) is 0 Å². The predicted molar refractivity (Wildman–Crippen MR) is 69.9 cm³/mol. The van der Waals surface area contributed by atoms with E-state index in [9.17, 15) is 22.8 Å². The zero-order valence-electron chi connectivity index (χ0n) is 11.1. The third kappa shape index (κ3) is 5.82. The van der Waals surface area contributed by atoms with Crippen molar-refractivity contribution >= 4 is 11.8 Å². The minimum atomic E-state index is -5.04. The first-order chi connectivity index (χ1) is 9.84. The Hall–Kier alpha value is -2.09. The van der Waals surface area contributed by atoms with Crippen molar-refractivity contribution in [1.82, 2.24) is 10.6 Å². The molecule has 0 radical (unpaired) electrons. The number of carbonyl (C=O) groups excluding carboxylic acids is 2. The fourth-order valence-corrected chi connectivity index (χ4v) is 1.58. The number of nitrogens with two attached hydrogens (primary N) is 1. The lowest BCUT2D eigenvalue weighted by Crippen LogP contribution is -2.51. The van der Waals surface area contributed by atoms with Crippen molar-refractivity contribution in [2.75, 3.05) is 6.54 Å². The summed E-state index contributed by atoms with van der Waals surface area (Å²) < 4.78 is 36.6. The molecule has 0 spiro atoms. The zero-order chi connectivity index (χ0) is 15.9. The second kappa shape index (κ2) is 7.63. The van der Waals surface area contributed by atoms with Gasteiger partial charge in [0.2, 0.25) is 5.91 Å². The summed E-state index contributed by atoms with van der Waals surface area (Å²) in [5.41, 5.74) is 6.04. The standard InChI is InChI=1S/C13H16F3N3O2/c14-13(15,16)12(21)19-10(6-7-17)11(20)18-8-9-4-2-1-3-5-9/h1-5,10H,6-8,17H2,(H,18,20)(H,19,21). The van der Waals surface area contributed by atoms with E-state index in [0.29, 0.717) is 0 Å². The van der Waals surface area contributed by atoms with E-state index in [2.05, 4.69) is 5.32 Å². The van der Waals surface area contributed by atoms with E-state index in [1.165, 1.54) is 0 Å². The molecule has 0 aliphatic heterocycles. The van der Waals surface area contributed by atoms with Gasteiger partial charge in [0, 0.05) is 6.54 Å². The molecule has 2 amide bonds. The number of hydrogen-bond acceptors (Lipinski definition) is 3. The van der Waals surface area contributed by atoms with E-state index in [1.807, 2.05) is 0 Å². The normalized spacial score (nSPS) is 12.6. The molecule has 1 aromatic carbocycles. The second-order valence-corrected chi connectivity index (χ2v) is 4.30. The number of halogens is 3. The van der Waals surface area contributed by atoms with Gasteiger partial charge in [0.1, 0.15) is 6.04 Å². The third-order valence-corrected chi connectivity index (χ3v) is 2.64. The molecule has 8 heteroatoms. The number of nitrogens with one attached hydrogen (secondary N) is 2. The minimum absolute atomic E-state index is 0.0262. The molecule has 0 fully saturated rings. The largest absolute Gasteiger partial charge is 0.471 e. The maximum Gasteiger partial charge on any atom is 0.471 e. The van der Waals surface area contributed by atoms with Crippen LogP contribution in [0.15, 0.2) is 30.3 Å². The quantitative estimate of drug-likeness (QED) is 0.723. The average Bonchev–Trinajstić information content (AvgIpc) is 2.44. The molecule has 5 nitrogen and oxygen atoms in total. The van der Waals surface area contributed by atoms with Gasteiger partial charge in [-0.3, -0.25) is 9.59 Å². The lowest BCUT2D eigenvalue weighted by atomic mass is 10.1. The van der Waals surface area contributed by atoms with Gasteiger partial charge < -0.3 is 16.4 Å². The Morgan fingerprint density at radius 2 is 1.81 bits per heavy atom. The third-order valence-electron chi connectivity index (χ3n) is 2.64. The number of hydrogen-bond donors (Lipinski definition) is 3. The summed E-state index contributed by atoms with van der Waals surface area (Å²) in [7, 11) is 0. The molecule has 0 aliphatic carbocycles. The summed E-state index contributed by atoms with van der Waals surface area (Å²) in [5, 5.41) is 4.10. The fraction of sp³-hybridized carbons (Fsp3) is 0.385. The Morgan fingerprint density at radius 1 is 1.19 bits per heavy atom. The van der Waals surface area contributed by atoms with Crippen LogP contribution in [0, 0.1) is 0 Å². The van der Waals surface area contributed by atoms with Crippen molar-refractivity contribution < 1.29 is 22.8 Å². The van der Waals surface area contributed by atoms with Crippen LogP contribution in [0.4, 0.5) is 13.2 Å². The molecule has 0 aliphatic rings. The predicted octanol–water partition coefficient (Wildman–Crippen LogP) is 0.699. The first kappa shape index (κ1) is 17.0. The van der Waals surface area contributed by atoms with Crippen LogP contribution in [0.5, 0.6) is 0 Å². The highest BCUT2D eigenvalue weighted by molar-refractivity contribution is 5.89. The molecular weight excluding hydrogens is 287 g/mol. The van der Waals surface area contributed by atoms with E-state index in [4.69, 9.17) is 5.73 Å². The van der Waals surface area contributed by atoms with Crippen molar-refractivity contribution in [2.24, 2.45) is 5.73 Å². The molecule has 4 N–H and O–H groups in total. The molecule has 21 heavy (non-hydrogen) atoms. The topological polar surface area (TPSA) is 84.2 Å². The summed E-state index contributed by atoms with van der Waals surface area (Å²) in [6.45, 7) is 0.129. The highest BCUT2D eigenvalue weighted by atomic mass is 19.4. The summed E-state index contributed by atoms with van der Waals surface area (Å²) in [5.74, 6) is -2.86. The highest BCUT2D eigenvalue weighted by Gasteiger charge is 2.40. The van der Waals surface area contributed by atoms with Gasteiger partial charge in [-0.25, -0.2) is 0 Å². The Morgan fingerprint density at radius 3 is 2.33 bits per heavy atom. The van der Waals surface area contributed by atoms with E-state index < -0.39 is 24.0 Å². The molecule has 0 heterocycles. The number of alkyl halides is 3. The molecule has 0 aromatic heterocycles. The number of rotatable bonds is 6. The lowest BCUT2D eigenvalue weighted by Gasteiger charge is -2.18. The number of benzene rings is 1. The van der Waals surface area contributed by atoms with Crippen LogP contribution < -0.4 is 16.4 Å². The monoisotopic (exact) mass is 303 g/mol. The Bertz CT molecular complexity index is 477. The molecule has 1 aromatic rings. The van der Waals surface area contributed by atoms with Gasteiger partial charge in [-0.15, -0.1) is 0 Å². The van der Waals surface area contributed by atoms with Crippen LogP contribution in [-0.4, -0.2) is 30.6 Å². The van der Waals surface area contributed by atoms with Gasteiger partial charge in [-0.05, 0) is 18.5 Å². The molecule has 1 atom stereocenters. The summed E-state index contributed by atoms with van der Waals surface area (Å²) in [6, 6.07) is 7.53. The number of amides is 2. The Balaban J connectivity index is 2.59. The number of carbonyl (C=O) groups is 2. The van der Waals surface area contributed by atoms with E-state index in [-0.39, 0.29) is 19.5 Å². The summed E-state index contributed by atoms with van der Waals surface area (Å²) in [4.78, 5) is 22.7. The van der Waals surface area contributed by atoms with Crippen molar-refractivity contribution in [3.63, 3.8) is 0 Å². The molecule has 1 rings (SSSR count). The molecule has 0 saturated heterocycles. The van der Waals surface area contributed by atoms with E-state index in [0.717, 1.165) is 5.56 Å². The van der Waals surface area contributed by atoms with Crippen LogP contribution in [-0.2, 0) is 16.1 Å². The summed E-state index contributed by atoms with van der Waals surface area (Å²) >= 11 is 0. The Labute approximate surface area is 119 Å². The van der Waals surface area contributed by atoms with Gasteiger partial charge in [0.05, 0.1) is 0 Å². The first-order valence-corrected chi connectivity index (χ1v) is 6.24. The zero-order valence-corrected chi connectivity index (χ0v) is 11.1. The summed E-state index contributed by atoms with van der Waals surface area (Å²) in [6.07, 6.45) is -5.12. The van der Waals surface area contributed by atoms with E-state index in [1.54, 1.807) is 35.6 Å². The fourth-order valence-electron chi connectivity index (χ4n) is 1.58. The Kier molecular flexibility index (Phi) is 6.16. The molecule has 1 unspecified atom stereocenters. The second-order valence-electron chi connectivity index (χ2n) is 4.30. The van der Waals surface area contributed by atoms with E-state index >= 15 is 0 Å². The van der Waals surface area contributed by atoms with Gasteiger partial charge in [0.15, 0.2) is 0 Å². The maximum absolute atomic E-state index is 12.2. The van der Waals surface area contributed by atoms with Crippen molar-refractivity contribution in [2.45, 2.75) is 25.2 Å². The van der Waals surface area contributed by atoms with Crippen LogP contribution in [0.25, 0.3) is 0 Å². The molecule has 116 valence electrons. The first-order valence-electron chi connectivity index (χ1n) is 6.24. The van der Waals surface area contributed by atoms with Crippen molar-refractivity contribution in [3.05, 3.63) is 35.9 Å².